The van der Waals surface area contributed by atoms with Crippen molar-refractivity contribution in [3.05, 3.63) is 62.2 Å². The van der Waals surface area contributed by atoms with Crippen LogP contribution >= 0.6 is 27.5 Å². The smallest absolute Gasteiger partial charge is 0.337 e. The fourth-order valence-corrected chi connectivity index (χ4v) is 4.33. The minimum absolute atomic E-state index is 0.145. The molecule has 0 saturated carbocycles. The van der Waals surface area contributed by atoms with Gasteiger partial charge in [-0.3, -0.25) is 5.43 Å². The van der Waals surface area contributed by atoms with Crippen molar-refractivity contribution in [1.82, 2.24) is 16.1 Å². The number of carbonyl (C=O) groups excluding carboxylic acids is 2. The Kier molecular flexibility index (Phi) is 9.61. The van der Waals surface area contributed by atoms with Crippen LogP contribution in [0.25, 0.3) is 0 Å². The first-order chi connectivity index (χ1) is 17.6. The lowest BCUT2D eigenvalue weighted by atomic mass is 9.95. The Hall–Kier alpha value is -3.48. The number of aromatic hydroxyl groups is 1. The molecule has 1 aliphatic rings. The number of nitrogens with one attached hydrogen (secondary N) is 3. The minimum atomic E-state index is -1.20. The zero-order valence-electron chi connectivity index (χ0n) is 20.2. The number of hydrogen-bond acceptors (Lipinski definition) is 9. The zero-order chi connectivity index (χ0) is 27.1. The number of rotatable bonds is 10. The van der Waals surface area contributed by atoms with E-state index in [1.54, 1.807) is 44.2 Å². The molecule has 198 valence electrons. The topological polar surface area (TPSA) is 151 Å². The molecule has 3 rings (SSSR count). The van der Waals surface area contributed by atoms with E-state index in [2.05, 4.69) is 37.1 Å². The number of hydrogen-bond donors (Lipinski definition) is 5. The van der Waals surface area contributed by atoms with Crippen LogP contribution in [0.15, 0.2) is 51.2 Å². The number of benzene rings is 2. The molecule has 0 aliphatic carbocycles. The number of carbonyl (C=O) groups is 2. The molecule has 2 aromatic carbocycles. The molecule has 0 bridgehead atoms. The number of halogens is 2. The number of aliphatic hydroxyl groups excluding tert-OH is 1. The van der Waals surface area contributed by atoms with Gasteiger partial charge in [-0.15, -0.1) is 0 Å². The molecule has 11 nitrogen and oxygen atoms in total. The molecule has 5 N–H and O–H groups in total. The summed E-state index contributed by atoms with van der Waals surface area (Å²) in [5.74, 6) is -0.0547. The molecule has 2 amide bonds. The van der Waals surface area contributed by atoms with Crippen LogP contribution in [-0.4, -0.2) is 55.0 Å². The number of esters is 1. The molecule has 1 heterocycles. The molecule has 0 unspecified atom stereocenters. The summed E-state index contributed by atoms with van der Waals surface area (Å²) < 4.78 is 16.9. The van der Waals surface area contributed by atoms with Crippen LogP contribution in [0.5, 0.6) is 17.2 Å². The van der Waals surface area contributed by atoms with Crippen molar-refractivity contribution in [2.75, 3.05) is 20.3 Å². The molecular weight excluding hydrogens is 572 g/mol. The van der Waals surface area contributed by atoms with Crippen LogP contribution in [0.3, 0.4) is 0 Å². The van der Waals surface area contributed by atoms with Gasteiger partial charge in [-0.05, 0) is 43.7 Å². The van der Waals surface area contributed by atoms with E-state index in [1.807, 2.05) is 0 Å². The van der Waals surface area contributed by atoms with Gasteiger partial charge in [-0.2, -0.15) is 5.10 Å². The number of urea groups is 1. The van der Waals surface area contributed by atoms with Gasteiger partial charge in [0.15, 0.2) is 17.7 Å². The summed E-state index contributed by atoms with van der Waals surface area (Å²) in [6, 6.07) is 6.85. The number of ether oxygens (including phenoxy) is 3. The summed E-state index contributed by atoms with van der Waals surface area (Å²) in [6.45, 7) is 3.53. The normalized spacial score (nSPS) is 16.2. The highest BCUT2D eigenvalue weighted by atomic mass is 79.9. The third-order valence-corrected chi connectivity index (χ3v) is 5.90. The summed E-state index contributed by atoms with van der Waals surface area (Å²) in [5.41, 5.74) is 4.05. The summed E-state index contributed by atoms with van der Waals surface area (Å²) in [7, 11) is 1.26. The SMILES string of the molecule is CCOc1cc([C@H]2NC(=O)NC(C)=C2C(=O)OC)ccc1OC[C@H](O)N/N=C/c1cc(Br)cc(Cl)c1O. The van der Waals surface area contributed by atoms with E-state index < -0.39 is 24.3 Å². The fourth-order valence-electron chi connectivity index (χ4n) is 3.50. The quantitative estimate of drug-likeness (QED) is 0.121. The highest BCUT2D eigenvalue weighted by molar-refractivity contribution is 9.10. The zero-order valence-corrected chi connectivity index (χ0v) is 22.5. The highest BCUT2D eigenvalue weighted by Gasteiger charge is 2.32. The predicted octanol–water partition coefficient (Wildman–Crippen LogP) is 3.33. The van der Waals surface area contributed by atoms with Gasteiger partial charge in [0.05, 0.1) is 36.6 Å². The van der Waals surface area contributed by atoms with E-state index in [9.17, 15) is 19.8 Å². The second-order valence-corrected chi connectivity index (χ2v) is 9.06. The first-order valence-corrected chi connectivity index (χ1v) is 12.2. The van der Waals surface area contributed by atoms with E-state index in [-0.39, 0.29) is 23.0 Å². The van der Waals surface area contributed by atoms with Crippen LogP contribution in [0, 0.1) is 0 Å². The lowest BCUT2D eigenvalue weighted by Crippen LogP contribution is -2.45. The van der Waals surface area contributed by atoms with Gasteiger partial charge in [-0.25, -0.2) is 9.59 Å². The van der Waals surface area contributed by atoms with Gasteiger partial charge in [-0.1, -0.05) is 33.6 Å². The Bertz CT molecular complexity index is 1240. The largest absolute Gasteiger partial charge is 0.506 e. The lowest BCUT2D eigenvalue weighted by molar-refractivity contribution is -0.136. The minimum Gasteiger partial charge on any atom is -0.506 e. The molecule has 0 aromatic heterocycles. The molecule has 0 saturated heterocycles. The van der Waals surface area contributed by atoms with E-state index in [0.29, 0.717) is 39.4 Å². The Morgan fingerprint density at radius 2 is 2.05 bits per heavy atom. The molecule has 37 heavy (non-hydrogen) atoms. The Morgan fingerprint density at radius 1 is 1.30 bits per heavy atom. The summed E-state index contributed by atoms with van der Waals surface area (Å²) >= 11 is 9.21. The van der Waals surface area contributed by atoms with E-state index >= 15 is 0 Å². The lowest BCUT2D eigenvalue weighted by Gasteiger charge is -2.28. The number of phenols is 1. The molecule has 0 fully saturated rings. The number of hydrazone groups is 1. The maximum Gasteiger partial charge on any atom is 0.337 e. The Balaban J connectivity index is 1.72. The van der Waals surface area contributed by atoms with Crippen LogP contribution < -0.4 is 25.5 Å². The van der Waals surface area contributed by atoms with Crippen LogP contribution in [0.4, 0.5) is 4.79 Å². The van der Waals surface area contributed by atoms with Gasteiger partial charge in [0.1, 0.15) is 12.4 Å². The molecule has 0 radical (unpaired) electrons. The maximum atomic E-state index is 12.4. The number of nitrogens with zero attached hydrogens (tertiary/aromatic N) is 1. The first kappa shape index (κ1) is 28.1. The number of methoxy groups -OCH3 is 1. The van der Waals surface area contributed by atoms with Crippen molar-refractivity contribution < 1.29 is 34.0 Å². The third kappa shape index (κ3) is 7.06. The highest BCUT2D eigenvalue weighted by Crippen LogP contribution is 2.35. The van der Waals surface area contributed by atoms with Gasteiger partial charge in [0, 0.05) is 15.7 Å². The summed E-state index contributed by atoms with van der Waals surface area (Å²) in [6.07, 6.45) is 0.104. The van der Waals surface area contributed by atoms with Crippen LogP contribution in [-0.2, 0) is 9.53 Å². The van der Waals surface area contributed by atoms with Gasteiger partial charge >= 0.3 is 12.0 Å². The number of phenolic OH excluding ortho intramolecular Hbond substituents is 1. The second-order valence-electron chi connectivity index (χ2n) is 7.74. The molecule has 1 aliphatic heterocycles. The van der Waals surface area contributed by atoms with Crippen molar-refractivity contribution in [3.8, 4) is 17.2 Å². The van der Waals surface area contributed by atoms with E-state index in [0.717, 1.165) is 0 Å². The van der Waals surface area contributed by atoms with Crippen molar-refractivity contribution in [1.29, 1.82) is 0 Å². The predicted molar refractivity (Wildman–Crippen MR) is 140 cm³/mol. The van der Waals surface area contributed by atoms with Crippen LogP contribution in [0.2, 0.25) is 5.02 Å². The molecule has 0 spiro atoms. The number of allylic oxidation sites excluding steroid dienone is 1. The summed E-state index contributed by atoms with van der Waals surface area (Å²) in [4.78, 5) is 24.4. The van der Waals surface area contributed by atoms with E-state index in [4.69, 9.17) is 25.8 Å². The maximum absolute atomic E-state index is 12.4. The fraction of sp³-hybridized carbons (Fsp3) is 0.292. The van der Waals surface area contributed by atoms with Crippen LogP contribution in [0.1, 0.15) is 31.0 Å². The average Bonchev–Trinajstić information content (AvgIpc) is 2.85. The number of amides is 2. The van der Waals surface area contributed by atoms with Crippen molar-refractivity contribution >= 4 is 45.7 Å². The summed E-state index contributed by atoms with van der Waals surface area (Å²) in [5, 5.41) is 29.6. The standard InChI is InChI=1S/C24H26BrClN4O7/c1-4-36-18-8-13(21-20(23(33)35-3)12(2)28-24(34)29-21)5-6-17(18)37-11-19(31)30-27-10-14-7-15(25)9-16(26)22(14)32/h5-10,19,21,30-32H,4,11H2,1-3H3,(H2,28,29,34)/b27-10+/t19-,21+/m0/s1. The van der Waals surface area contributed by atoms with Crippen molar-refractivity contribution in [2.24, 2.45) is 5.10 Å². The Morgan fingerprint density at radius 3 is 2.76 bits per heavy atom. The molecule has 2 aromatic rings. The van der Waals surface area contributed by atoms with E-state index in [1.165, 1.54) is 13.3 Å². The first-order valence-electron chi connectivity index (χ1n) is 11.0. The third-order valence-electron chi connectivity index (χ3n) is 5.16. The average molecular weight is 598 g/mol. The Labute approximate surface area is 226 Å². The molecule has 13 heteroatoms. The number of aliphatic hydroxyl groups is 1. The van der Waals surface area contributed by atoms with Gasteiger partial charge in [0.25, 0.3) is 0 Å². The van der Waals surface area contributed by atoms with Crippen molar-refractivity contribution in [2.45, 2.75) is 26.1 Å². The van der Waals surface area contributed by atoms with Gasteiger partial charge < -0.3 is 35.1 Å². The van der Waals surface area contributed by atoms with Crippen molar-refractivity contribution in [3.63, 3.8) is 0 Å². The molecule has 2 atom stereocenters. The molecular formula is C24H26BrClN4O7. The van der Waals surface area contributed by atoms with Gasteiger partial charge in [0.2, 0.25) is 0 Å². The second kappa shape index (κ2) is 12.7. The monoisotopic (exact) mass is 596 g/mol.